The van der Waals surface area contributed by atoms with Crippen LogP contribution in [0.4, 0.5) is 11.4 Å². The number of nitrogens with two attached hydrogens (primary N) is 1. The number of carbonyl (C=O) groups is 1. The number of nitrogens with zero attached hydrogens (tertiary/aromatic N) is 1. The largest absolute Gasteiger partial charge is 0.460 e. The normalized spacial score (nSPS) is 12.6. The summed E-state index contributed by atoms with van der Waals surface area (Å²) in [5.74, 6) is -0.203. The number of aliphatic imine (C=N–C) groups is 1. The fourth-order valence-electron chi connectivity index (χ4n) is 1.34. The molecule has 2 N–H and O–H groups in total. The lowest BCUT2D eigenvalue weighted by Gasteiger charge is -2.03. The molecule has 15 heavy (non-hydrogen) atoms. The van der Waals surface area contributed by atoms with Crippen molar-refractivity contribution in [3.63, 3.8) is 0 Å². The van der Waals surface area contributed by atoms with Gasteiger partial charge in [-0.05, 0) is 17.7 Å². The van der Waals surface area contributed by atoms with Crippen LogP contribution in [0.2, 0.25) is 0 Å². The summed E-state index contributed by atoms with van der Waals surface area (Å²) in [4.78, 5) is 15.1. The lowest BCUT2D eigenvalue weighted by atomic mass is 10.2. The van der Waals surface area contributed by atoms with Crippen LogP contribution in [-0.2, 0) is 16.1 Å². The molecule has 0 saturated carbocycles. The summed E-state index contributed by atoms with van der Waals surface area (Å²) in [6, 6.07) is 5.81. The highest BCUT2D eigenvalue weighted by atomic mass is 32.1. The topological polar surface area (TPSA) is 55.3 Å². The van der Waals surface area contributed by atoms with Gasteiger partial charge in [-0.2, -0.15) is 17.6 Å². The molecular weight excluding hydrogens is 212 g/mol. The van der Waals surface area contributed by atoms with Crippen molar-refractivity contribution in [2.45, 2.75) is 6.61 Å². The maximum absolute atomic E-state index is 10.9. The monoisotopic (exact) mass is 223 g/mol. The van der Waals surface area contributed by atoms with E-state index < -0.39 is 0 Å². The molecule has 2 rings (SSSR count). The highest BCUT2D eigenvalue weighted by Gasteiger charge is 2.11. The Labute approximate surface area is 92.8 Å². The van der Waals surface area contributed by atoms with Gasteiger partial charge in [0.15, 0.2) is 12.0 Å². The zero-order valence-electron chi connectivity index (χ0n) is 8.01. The first-order chi connectivity index (χ1) is 7.29. The highest BCUT2D eigenvalue weighted by molar-refractivity contribution is 7.81. The van der Waals surface area contributed by atoms with Gasteiger partial charge in [0.05, 0.1) is 5.75 Å². The summed E-state index contributed by atoms with van der Waals surface area (Å²) in [5.41, 5.74) is 2.96. The molecule has 4 nitrogen and oxygen atoms in total. The Morgan fingerprint density at radius 1 is 1.53 bits per heavy atom. The number of quaternary nitrogens is 1. The zero-order chi connectivity index (χ0) is 10.7. The lowest BCUT2D eigenvalue weighted by molar-refractivity contribution is -0.427. The second kappa shape index (κ2) is 4.46. The van der Waals surface area contributed by atoms with Crippen molar-refractivity contribution in [1.29, 1.82) is 0 Å². The van der Waals surface area contributed by atoms with Crippen molar-refractivity contribution in [2.75, 3.05) is 5.75 Å². The Bertz CT molecular complexity index is 418. The Hall–Kier alpha value is -1.33. The number of hydrogen-bond donors (Lipinski definition) is 2. The Balaban J connectivity index is 2.04. The smallest absolute Gasteiger partial charge is 0.315 e. The number of hydrogen-bond acceptors (Lipinski definition) is 4. The first kappa shape index (κ1) is 10.2. The van der Waals surface area contributed by atoms with Gasteiger partial charge in [0.1, 0.15) is 12.3 Å². The van der Waals surface area contributed by atoms with Gasteiger partial charge in [-0.15, -0.1) is 0 Å². The predicted octanol–water partition coefficient (Wildman–Crippen LogP) is 0.528. The molecule has 0 radical (unpaired) electrons. The van der Waals surface area contributed by atoms with E-state index in [1.54, 1.807) is 6.34 Å². The summed E-state index contributed by atoms with van der Waals surface area (Å²) in [7, 11) is 0. The maximum Gasteiger partial charge on any atom is 0.315 e. The summed E-state index contributed by atoms with van der Waals surface area (Å²) < 4.78 is 4.96. The van der Waals surface area contributed by atoms with Crippen molar-refractivity contribution >= 4 is 36.3 Å². The average molecular weight is 223 g/mol. The summed E-state index contributed by atoms with van der Waals surface area (Å²) >= 11 is 3.82. The summed E-state index contributed by atoms with van der Waals surface area (Å²) in [6.07, 6.45) is 1.76. The molecule has 0 spiro atoms. The molecule has 0 aromatic heterocycles. The van der Waals surface area contributed by atoms with Crippen LogP contribution in [0.1, 0.15) is 5.56 Å². The molecule has 1 aromatic rings. The number of thiol groups is 1. The second-order valence-electron chi connectivity index (χ2n) is 3.16. The highest BCUT2D eigenvalue weighted by Crippen LogP contribution is 2.24. The van der Waals surface area contributed by atoms with Crippen LogP contribution in [0.15, 0.2) is 23.2 Å². The molecule has 1 aromatic carbocycles. The van der Waals surface area contributed by atoms with Crippen molar-refractivity contribution in [3.8, 4) is 0 Å². The van der Waals surface area contributed by atoms with Gasteiger partial charge in [0, 0.05) is 6.07 Å². The quantitative estimate of drug-likeness (QED) is 0.446. The van der Waals surface area contributed by atoms with Crippen molar-refractivity contribution < 1.29 is 14.8 Å². The van der Waals surface area contributed by atoms with Gasteiger partial charge >= 0.3 is 5.97 Å². The minimum absolute atomic E-state index is 0.108. The zero-order valence-corrected chi connectivity index (χ0v) is 8.91. The third-order valence-corrected chi connectivity index (χ3v) is 2.35. The number of ether oxygens (including phenoxy) is 1. The van der Waals surface area contributed by atoms with E-state index in [0.717, 1.165) is 16.9 Å². The van der Waals surface area contributed by atoms with Gasteiger partial charge in [-0.25, -0.2) is 0 Å². The fraction of sp³-hybridized carbons (Fsp3) is 0.200. The van der Waals surface area contributed by atoms with Crippen molar-refractivity contribution in [3.05, 3.63) is 23.8 Å². The standard InChI is InChI=1S/C10H10N2O2S/c13-10(5-15)14-4-7-1-2-8-9(3-7)12-6-11-8/h1-3,6,15H,4-5H2,(H,11,12)/p+1. The molecule has 0 bridgehead atoms. The molecule has 0 aliphatic carbocycles. The van der Waals surface area contributed by atoms with E-state index in [2.05, 4.69) is 17.6 Å². The van der Waals surface area contributed by atoms with Crippen LogP contribution in [0.3, 0.4) is 0 Å². The number of benzene rings is 1. The summed E-state index contributed by atoms with van der Waals surface area (Å²) in [6.45, 7) is 0.280. The average Bonchev–Trinajstić information content (AvgIpc) is 2.72. The second-order valence-corrected chi connectivity index (χ2v) is 3.47. The molecule has 0 atom stereocenters. The number of rotatable bonds is 3. The third-order valence-electron chi connectivity index (χ3n) is 2.09. The lowest BCUT2D eigenvalue weighted by Crippen LogP contribution is -2.74. The van der Waals surface area contributed by atoms with E-state index >= 15 is 0 Å². The van der Waals surface area contributed by atoms with Gasteiger partial charge in [0.2, 0.25) is 0 Å². The number of carbonyl (C=O) groups excluding carboxylic acids is 1. The van der Waals surface area contributed by atoms with E-state index in [-0.39, 0.29) is 18.3 Å². The first-order valence-electron chi connectivity index (χ1n) is 4.56. The Morgan fingerprint density at radius 3 is 3.20 bits per heavy atom. The molecule has 1 aliphatic rings. The minimum Gasteiger partial charge on any atom is -0.460 e. The molecule has 0 unspecified atom stereocenters. The van der Waals surface area contributed by atoms with E-state index in [0.29, 0.717) is 0 Å². The third kappa shape index (κ3) is 2.37. The predicted molar refractivity (Wildman–Crippen MR) is 59.8 cm³/mol. The van der Waals surface area contributed by atoms with Crippen LogP contribution < -0.4 is 5.32 Å². The van der Waals surface area contributed by atoms with Crippen LogP contribution in [-0.4, -0.2) is 18.1 Å². The van der Waals surface area contributed by atoms with Gasteiger partial charge in [-0.3, -0.25) is 10.1 Å². The summed E-state index contributed by atoms with van der Waals surface area (Å²) in [5, 5.41) is 1.94. The van der Waals surface area contributed by atoms with E-state index in [4.69, 9.17) is 4.74 Å². The SMILES string of the molecule is O=C(CS)OCc1ccc2c(c1)N=C[NH2+]2. The minimum atomic E-state index is -0.311. The molecule has 0 amide bonds. The van der Waals surface area contributed by atoms with Gasteiger partial charge < -0.3 is 4.74 Å². The maximum atomic E-state index is 10.9. The van der Waals surface area contributed by atoms with Crippen LogP contribution in [0.5, 0.6) is 0 Å². The van der Waals surface area contributed by atoms with Gasteiger partial charge in [0.25, 0.3) is 0 Å². The number of fused-ring (bicyclic) bond motifs is 1. The van der Waals surface area contributed by atoms with E-state index in [1.807, 2.05) is 23.5 Å². The first-order valence-corrected chi connectivity index (χ1v) is 5.19. The van der Waals surface area contributed by atoms with Crippen molar-refractivity contribution in [1.82, 2.24) is 0 Å². The molecular formula is C10H11N2O2S+. The number of esters is 1. The van der Waals surface area contributed by atoms with Crippen LogP contribution in [0, 0.1) is 0 Å². The van der Waals surface area contributed by atoms with Gasteiger partial charge in [-0.1, -0.05) is 0 Å². The molecule has 0 saturated heterocycles. The molecule has 0 fully saturated rings. The van der Waals surface area contributed by atoms with Crippen LogP contribution >= 0.6 is 12.6 Å². The Morgan fingerprint density at radius 2 is 2.40 bits per heavy atom. The van der Waals surface area contributed by atoms with E-state index in [9.17, 15) is 4.79 Å². The molecule has 1 heterocycles. The van der Waals surface area contributed by atoms with E-state index in [1.165, 1.54) is 0 Å². The molecule has 78 valence electrons. The van der Waals surface area contributed by atoms with Crippen molar-refractivity contribution in [2.24, 2.45) is 4.99 Å². The Kier molecular flexibility index (Phi) is 3.03. The van der Waals surface area contributed by atoms with Crippen LogP contribution in [0.25, 0.3) is 0 Å². The molecule has 1 aliphatic heterocycles. The fourth-order valence-corrected chi connectivity index (χ4v) is 1.43. The molecule has 5 heteroatoms.